The van der Waals surface area contributed by atoms with Gasteiger partial charge in [0.25, 0.3) is 0 Å². The first-order chi connectivity index (χ1) is 7.79. The standard InChI is InChI=1S/C11H22N2O3S/c1-8(9-3-4-9)7-13-11(14)10(12)5-6-17(2,15)16/h8-10H,3-7,12H2,1-2H3,(H,13,14). The molecule has 0 bridgehead atoms. The van der Waals surface area contributed by atoms with Gasteiger partial charge in [-0.2, -0.15) is 0 Å². The van der Waals surface area contributed by atoms with Crippen LogP contribution in [-0.4, -0.2) is 38.9 Å². The molecule has 1 rings (SSSR count). The lowest BCUT2D eigenvalue weighted by Gasteiger charge is -2.15. The topological polar surface area (TPSA) is 89.3 Å². The molecule has 17 heavy (non-hydrogen) atoms. The molecule has 0 radical (unpaired) electrons. The predicted octanol–water partition coefficient (Wildman–Crippen LogP) is -0.0893. The molecule has 1 amide bonds. The van der Waals surface area contributed by atoms with E-state index in [0.29, 0.717) is 12.5 Å². The molecule has 2 atom stereocenters. The van der Waals surface area contributed by atoms with E-state index in [4.69, 9.17) is 5.73 Å². The van der Waals surface area contributed by atoms with E-state index in [1.54, 1.807) is 0 Å². The molecule has 0 heterocycles. The van der Waals surface area contributed by atoms with E-state index in [-0.39, 0.29) is 18.1 Å². The van der Waals surface area contributed by atoms with Crippen LogP contribution < -0.4 is 11.1 Å². The van der Waals surface area contributed by atoms with Gasteiger partial charge in [-0.05, 0) is 31.1 Å². The van der Waals surface area contributed by atoms with Crippen LogP contribution in [0.15, 0.2) is 0 Å². The second-order valence-electron chi connectivity index (χ2n) is 5.08. The molecule has 1 aliphatic rings. The number of amides is 1. The molecule has 0 spiro atoms. The van der Waals surface area contributed by atoms with Crippen molar-refractivity contribution in [1.29, 1.82) is 0 Å². The molecule has 5 nitrogen and oxygen atoms in total. The van der Waals surface area contributed by atoms with Crippen molar-refractivity contribution in [2.24, 2.45) is 17.6 Å². The summed E-state index contributed by atoms with van der Waals surface area (Å²) in [5.41, 5.74) is 5.63. The van der Waals surface area contributed by atoms with Crippen molar-refractivity contribution in [2.75, 3.05) is 18.6 Å². The van der Waals surface area contributed by atoms with Crippen molar-refractivity contribution in [3.05, 3.63) is 0 Å². The summed E-state index contributed by atoms with van der Waals surface area (Å²) in [7, 11) is -3.05. The van der Waals surface area contributed by atoms with E-state index >= 15 is 0 Å². The van der Waals surface area contributed by atoms with Gasteiger partial charge in [0.15, 0.2) is 0 Å². The molecule has 0 aromatic heterocycles. The zero-order valence-corrected chi connectivity index (χ0v) is 11.3. The maximum atomic E-state index is 11.6. The van der Waals surface area contributed by atoms with Crippen LogP contribution in [0.25, 0.3) is 0 Å². The Labute approximate surface area is 103 Å². The van der Waals surface area contributed by atoms with E-state index in [1.807, 2.05) is 0 Å². The first-order valence-electron chi connectivity index (χ1n) is 6.00. The second-order valence-corrected chi connectivity index (χ2v) is 7.34. The maximum absolute atomic E-state index is 11.6. The highest BCUT2D eigenvalue weighted by atomic mass is 32.2. The van der Waals surface area contributed by atoms with Crippen LogP contribution in [0, 0.1) is 11.8 Å². The smallest absolute Gasteiger partial charge is 0.236 e. The van der Waals surface area contributed by atoms with E-state index in [0.717, 1.165) is 12.2 Å². The summed E-state index contributed by atoms with van der Waals surface area (Å²) < 4.78 is 21.9. The average molecular weight is 262 g/mol. The van der Waals surface area contributed by atoms with Crippen LogP contribution in [0.4, 0.5) is 0 Å². The molecule has 100 valence electrons. The average Bonchev–Trinajstić information content (AvgIpc) is 3.04. The van der Waals surface area contributed by atoms with Gasteiger partial charge in [0.05, 0.1) is 11.8 Å². The highest BCUT2D eigenvalue weighted by Gasteiger charge is 2.28. The van der Waals surface area contributed by atoms with Crippen molar-refractivity contribution in [1.82, 2.24) is 5.32 Å². The molecule has 0 aromatic rings. The number of rotatable bonds is 7. The molecule has 0 saturated heterocycles. The molecule has 1 aliphatic carbocycles. The van der Waals surface area contributed by atoms with Crippen LogP contribution in [0.5, 0.6) is 0 Å². The minimum absolute atomic E-state index is 0.0419. The van der Waals surface area contributed by atoms with Gasteiger partial charge >= 0.3 is 0 Å². The molecule has 0 aromatic carbocycles. The summed E-state index contributed by atoms with van der Waals surface area (Å²) >= 11 is 0. The number of nitrogens with two attached hydrogens (primary N) is 1. The van der Waals surface area contributed by atoms with Crippen molar-refractivity contribution < 1.29 is 13.2 Å². The second kappa shape index (κ2) is 5.82. The number of hydrogen-bond donors (Lipinski definition) is 2. The largest absolute Gasteiger partial charge is 0.354 e. The number of sulfone groups is 1. The molecule has 2 unspecified atom stereocenters. The first kappa shape index (κ1) is 14.4. The zero-order valence-electron chi connectivity index (χ0n) is 10.5. The fourth-order valence-corrected chi connectivity index (χ4v) is 2.38. The molecule has 0 aliphatic heterocycles. The van der Waals surface area contributed by atoms with E-state index in [2.05, 4.69) is 12.2 Å². The van der Waals surface area contributed by atoms with E-state index in [1.165, 1.54) is 12.8 Å². The normalized spacial score (nSPS) is 19.7. The highest BCUT2D eigenvalue weighted by Crippen LogP contribution is 2.35. The SMILES string of the molecule is CC(CNC(=O)C(N)CCS(C)(=O)=O)C1CC1. The summed E-state index contributed by atoms with van der Waals surface area (Å²) in [5.74, 6) is 0.935. The summed E-state index contributed by atoms with van der Waals surface area (Å²) in [6, 6.07) is -0.726. The Balaban J connectivity index is 2.21. The summed E-state index contributed by atoms with van der Waals surface area (Å²) in [5, 5.41) is 2.78. The third kappa shape index (κ3) is 6.02. The Morgan fingerprint density at radius 1 is 1.47 bits per heavy atom. The predicted molar refractivity (Wildman–Crippen MR) is 67.2 cm³/mol. The fraction of sp³-hybridized carbons (Fsp3) is 0.909. The Hall–Kier alpha value is -0.620. The van der Waals surface area contributed by atoms with Crippen LogP contribution >= 0.6 is 0 Å². The van der Waals surface area contributed by atoms with Gasteiger partial charge < -0.3 is 11.1 Å². The van der Waals surface area contributed by atoms with Gasteiger partial charge in [-0.25, -0.2) is 8.42 Å². The van der Waals surface area contributed by atoms with Crippen molar-refractivity contribution in [2.45, 2.75) is 32.2 Å². The third-order valence-electron chi connectivity index (χ3n) is 3.16. The Bertz CT molecular complexity index is 363. The van der Waals surface area contributed by atoms with Crippen LogP contribution in [0.3, 0.4) is 0 Å². The maximum Gasteiger partial charge on any atom is 0.236 e. The third-order valence-corrected chi connectivity index (χ3v) is 4.14. The molecular formula is C11H22N2O3S. The number of nitrogens with one attached hydrogen (secondary N) is 1. The Kier molecular flexibility index (Phi) is 4.94. The zero-order chi connectivity index (χ0) is 13.1. The van der Waals surface area contributed by atoms with Crippen molar-refractivity contribution in [3.8, 4) is 0 Å². The number of carbonyl (C=O) groups excluding carboxylic acids is 1. The minimum atomic E-state index is -3.05. The van der Waals surface area contributed by atoms with Gasteiger partial charge in [-0.1, -0.05) is 6.92 Å². The lowest BCUT2D eigenvalue weighted by Crippen LogP contribution is -2.43. The molecule has 6 heteroatoms. The number of carbonyl (C=O) groups is 1. The molecule has 1 saturated carbocycles. The van der Waals surface area contributed by atoms with Crippen LogP contribution in [0.2, 0.25) is 0 Å². The molecule has 1 fully saturated rings. The van der Waals surface area contributed by atoms with Crippen LogP contribution in [-0.2, 0) is 14.6 Å². The molecular weight excluding hydrogens is 240 g/mol. The van der Waals surface area contributed by atoms with Gasteiger partial charge in [0.2, 0.25) is 5.91 Å². The fourth-order valence-electron chi connectivity index (χ4n) is 1.70. The summed E-state index contributed by atoms with van der Waals surface area (Å²) in [4.78, 5) is 11.6. The van der Waals surface area contributed by atoms with Crippen molar-refractivity contribution >= 4 is 15.7 Å². The monoisotopic (exact) mass is 262 g/mol. The summed E-state index contributed by atoms with van der Waals surface area (Å²) in [6.07, 6.45) is 3.82. The number of hydrogen-bond acceptors (Lipinski definition) is 4. The van der Waals surface area contributed by atoms with Crippen LogP contribution in [0.1, 0.15) is 26.2 Å². The van der Waals surface area contributed by atoms with Gasteiger partial charge in [-0.15, -0.1) is 0 Å². The lowest BCUT2D eigenvalue weighted by molar-refractivity contribution is -0.122. The van der Waals surface area contributed by atoms with Gasteiger partial charge in [-0.3, -0.25) is 4.79 Å². The molecule has 3 N–H and O–H groups in total. The highest BCUT2D eigenvalue weighted by molar-refractivity contribution is 7.90. The Morgan fingerprint density at radius 2 is 2.06 bits per heavy atom. The lowest BCUT2D eigenvalue weighted by atomic mass is 10.1. The Morgan fingerprint density at radius 3 is 2.53 bits per heavy atom. The quantitative estimate of drug-likeness (QED) is 0.671. The van der Waals surface area contributed by atoms with Gasteiger partial charge in [0.1, 0.15) is 9.84 Å². The summed E-state index contributed by atoms with van der Waals surface area (Å²) in [6.45, 7) is 2.75. The minimum Gasteiger partial charge on any atom is -0.354 e. The van der Waals surface area contributed by atoms with Crippen molar-refractivity contribution in [3.63, 3.8) is 0 Å². The van der Waals surface area contributed by atoms with E-state index < -0.39 is 15.9 Å². The van der Waals surface area contributed by atoms with E-state index in [9.17, 15) is 13.2 Å². The van der Waals surface area contributed by atoms with Gasteiger partial charge in [0, 0.05) is 12.8 Å². The first-order valence-corrected chi connectivity index (χ1v) is 8.06.